The van der Waals surface area contributed by atoms with E-state index in [-0.39, 0.29) is 5.82 Å². The molecule has 0 heterocycles. The van der Waals surface area contributed by atoms with E-state index in [4.69, 9.17) is 0 Å². The van der Waals surface area contributed by atoms with Crippen molar-refractivity contribution in [1.29, 1.82) is 0 Å². The van der Waals surface area contributed by atoms with Crippen LogP contribution >= 0.6 is 0 Å². The van der Waals surface area contributed by atoms with Gasteiger partial charge in [-0.05, 0) is 49.7 Å². The molecule has 0 aromatic heterocycles. The van der Waals surface area contributed by atoms with E-state index in [9.17, 15) is 9.18 Å². The van der Waals surface area contributed by atoms with Crippen molar-refractivity contribution < 1.29 is 9.18 Å². The van der Waals surface area contributed by atoms with Gasteiger partial charge in [-0.25, -0.2) is 9.18 Å². The van der Waals surface area contributed by atoms with Crippen LogP contribution in [0.25, 0.3) is 0 Å². The Morgan fingerprint density at radius 2 is 2.06 bits per heavy atom. The first-order chi connectivity index (χ1) is 8.27. The highest BCUT2D eigenvalue weighted by Crippen LogP contribution is 2.46. The molecular weight excluding hydrogens is 217 g/mol. The molecule has 2 aliphatic carbocycles. The van der Waals surface area contributed by atoms with Crippen molar-refractivity contribution in [3.05, 3.63) is 34.6 Å². The van der Waals surface area contributed by atoms with Crippen LogP contribution in [-0.4, -0.2) is 6.08 Å². The fourth-order valence-corrected chi connectivity index (χ4v) is 3.02. The maximum Gasteiger partial charge on any atom is 0.235 e. The maximum atomic E-state index is 14.4. The fourth-order valence-electron chi connectivity index (χ4n) is 3.02. The Morgan fingerprint density at radius 3 is 2.71 bits per heavy atom. The van der Waals surface area contributed by atoms with Crippen LogP contribution in [0.5, 0.6) is 0 Å². The maximum absolute atomic E-state index is 14.4. The second-order valence-corrected chi connectivity index (χ2v) is 5.01. The highest BCUT2D eigenvalue weighted by Gasteiger charge is 2.41. The number of benzene rings is 1. The molecule has 2 aliphatic rings. The van der Waals surface area contributed by atoms with Gasteiger partial charge in [0.25, 0.3) is 0 Å². The van der Waals surface area contributed by atoms with Gasteiger partial charge < -0.3 is 0 Å². The molecule has 3 rings (SSSR count). The summed E-state index contributed by atoms with van der Waals surface area (Å²) < 4.78 is 14.4. The van der Waals surface area contributed by atoms with Gasteiger partial charge in [0.1, 0.15) is 11.4 Å². The van der Waals surface area contributed by atoms with E-state index in [1.807, 2.05) is 12.1 Å². The lowest BCUT2D eigenvalue weighted by molar-refractivity contribution is 0.247. The summed E-state index contributed by atoms with van der Waals surface area (Å²) in [7, 11) is 0. The monoisotopic (exact) mass is 231 g/mol. The Morgan fingerprint density at radius 1 is 1.24 bits per heavy atom. The molecule has 88 valence electrons. The van der Waals surface area contributed by atoms with Crippen molar-refractivity contribution in [1.82, 2.24) is 0 Å². The van der Waals surface area contributed by atoms with E-state index in [2.05, 4.69) is 4.99 Å². The van der Waals surface area contributed by atoms with E-state index in [1.165, 1.54) is 0 Å². The van der Waals surface area contributed by atoms with Crippen LogP contribution < -0.4 is 0 Å². The summed E-state index contributed by atoms with van der Waals surface area (Å²) in [6.07, 6.45) is 6.95. The van der Waals surface area contributed by atoms with Crippen LogP contribution in [0.1, 0.15) is 42.4 Å². The van der Waals surface area contributed by atoms with Crippen molar-refractivity contribution in [3.8, 4) is 0 Å². The zero-order valence-electron chi connectivity index (χ0n) is 9.63. The molecule has 1 saturated carbocycles. The zero-order valence-corrected chi connectivity index (χ0v) is 9.63. The van der Waals surface area contributed by atoms with Crippen molar-refractivity contribution in [2.75, 3.05) is 0 Å². The van der Waals surface area contributed by atoms with Crippen molar-refractivity contribution in [2.24, 2.45) is 4.99 Å². The van der Waals surface area contributed by atoms with Gasteiger partial charge in [-0.2, -0.15) is 4.99 Å². The molecule has 1 aromatic carbocycles. The van der Waals surface area contributed by atoms with Gasteiger partial charge in [0.15, 0.2) is 0 Å². The Kier molecular flexibility index (Phi) is 2.37. The van der Waals surface area contributed by atoms with E-state index in [1.54, 1.807) is 6.08 Å². The molecule has 1 fully saturated rings. The summed E-state index contributed by atoms with van der Waals surface area (Å²) in [5.41, 5.74) is 1.96. The molecule has 0 radical (unpaired) electrons. The average molecular weight is 231 g/mol. The Bertz CT molecular complexity index is 513. The number of isocyanates is 1. The number of fused-ring (bicyclic) bond motifs is 1. The van der Waals surface area contributed by atoms with Crippen LogP contribution in [0.2, 0.25) is 0 Å². The molecule has 0 bridgehead atoms. The number of nitrogens with zero attached hydrogens (tertiary/aromatic N) is 1. The quantitative estimate of drug-likeness (QED) is 0.568. The molecule has 0 aliphatic heterocycles. The fraction of sp³-hybridized carbons (Fsp3) is 0.500. The third-order valence-corrected chi connectivity index (χ3v) is 4.15. The SMILES string of the molecule is O=C=NC1(c2ccc3c(c2F)CCC3)CCC1. The third kappa shape index (κ3) is 1.46. The molecule has 0 unspecified atom stereocenters. The van der Waals surface area contributed by atoms with Gasteiger partial charge in [-0.3, -0.25) is 0 Å². The topological polar surface area (TPSA) is 29.4 Å². The number of hydrogen-bond donors (Lipinski definition) is 0. The second kappa shape index (κ2) is 3.78. The summed E-state index contributed by atoms with van der Waals surface area (Å²) in [5.74, 6) is -0.126. The highest BCUT2D eigenvalue weighted by molar-refractivity contribution is 5.44. The molecule has 3 heteroatoms. The molecule has 0 N–H and O–H groups in total. The molecule has 0 atom stereocenters. The lowest BCUT2D eigenvalue weighted by Crippen LogP contribution is -2.33. The largest absolute Gasteiger partial charge is 0.235 e. The number of hydrogen-bond acceptors (Lipinski definition) is 2. The van der Waals surface area contributed by atoms with Crippen LogP contribution in [0.3, 0.4) is 0 Å². The molecule has 0 saturated heterocycles. The van der Waals surface area contributed by atoms with E-state index in [0.29, 0.717) is 5.56 Å². The zero-order chi connectivity index (χ0) is 11.9. The molecule has 0 amide bonds. The summed E-state index contributed by atoms with van der Waals surface area (Å²) in [5, 5.41) is 0. The van der Waals surface area contributed by atoms with Gasteiger partial charge in [-0.1, -0.05) is 12.1 Å². The van der Waals surface area contributed by atoms with Crippen molar-refractivity contribution in [2.45, 2.75) is 44.1 Å². The average Bonchev–Trinajstić information content (AvgIpc) is 2.74. The number of rotatable bonds is 2. The van der Waals surface area contributed by atoms with Crippen LogP contribution in [-0.2, 0) is 23.2 Å². The molecule has 0 spiro atoms. The minimum atomic E-state index is -0.608. The summed E-state index contributed by atoms with van der Waals surface area (Å²) >= 11 is 0. The number of carbonyl (C=O) groups excluding carboxylic acids is 1. The first-order valence-electron chi connectivity index (χ1n) is 6.17. The van der Waals surface area contributed by atoms with Crippen molar-refractivity contribution >= 4 is 6.08 Å². The summed E-state index contributed by atoms with van der Waals surface area (Å²) in [6, 6.07) is 3.82. The summed E-state index contributed by atoms with van der Waals surface area (Å²) in [4.78, 5) is 14.4. The summed E-state index contributed by atoms with van der Waals surface area (Å²) in [6.45, 7) is 0. The van der Waals surface area contributed by atoms with E-state index >= 15 is 0 Å². The van der Waals surface area contributed by atoms with Gasteiger partial charge in [0.2, 0.25) is 6.08 Å². The normalized spacial score (nSPS) is 20.3. The van der Waals surface area contributed by atoms with E-state index < -0.39 is 5.54 Å². The predicted molar refractivity (Wildman–Crippen MR) is 62.1 cm³/mol. The Labute approximate surface area is 99.6 Å². The lowest BCUT2D eigenvalue weighted by atomic mass is 9.71. The predicted octanol–water partition coefficient (Wildman–Crippen LogP) is 3.03. The van der Waals surface area contributed by atoms with E-state index in [0.717, 1.165) is 49.7 Å². The van der Waals surface area contributed by atoms with Crippen LogP contribution in [0.15, 0.2) is 17.1 Å². The third-order valence-electron chi connectivity index (χ3n) is 4.15. The number of aryl methyl sites for hydroxylation is 1. The lowest BCUT2D eigenvalue weighted by Gasteiger charge is -2.37. The van der Waals surface area contributed by atoms with Crippen LogP contribution in [0, 0.1) is 5.82 Å². The molecule has 17 heavy (non-hydrogen) atoms. The minimum Gasteiger partial charge on any atom is -0.211 e. The smallest absolute Gasteiger partial charge is 0.211 e. The Hall–Kier alpha value is -1.47. The van der Waals surface area contributed by atoms with Crippen LogP contribution in [0.4, 0.5) is 4.39 Å². The highest BCUT2D eigenvalue weighted by atomic mass is 19.1. The minimum absolute atomic E-state index is 0.126. The molecular formula is C14H14FNO. The standard InChI is InChI=1S/C14H14FNO/c15-13-11-4-1-3-10(11)5-6-12(13)14(16-9-17)7-2-8-14/h5-6H,1-4,7-8H2. The van der Waals surface area contributed by atoms with Gasteiger partial charge in [0.05, 0.1) is 0 Å². The Balaban J connectivity index is 2.12. The first kappa shape index (κ1) is 10.7. The molecule has 1 aromatic rings. The molecule has 2 nitrogen and oxygen atoms in total. The number of halogens is 1. The second-order valence-electron chi connectivity index (χ2n) is 5.01. The van der Waals surface area contributed by atoms with Gasteiger partial charge in [0, 0.05) is 5.56 Å². The van der Waals surface area contributed by atoms with Gasteiger partial charge >= 0.3 is 0 Å². The first-order valence-corrected chi connectivity index (χ1v) is 6.17. The van der Waals surface area contributed by atoms with Crippen molar-refractivity contribution in [3.63, 3.8) is 0 Å². The number of aliphatic imine (C=N–C) groups is 1. The van der Waals surface area contributed by atoms with Gasteiger partial charge in [-0.15, -0.1) is 0 Å².